The number of nitrogens with zero attached hydrogens (tertiary/aromatic N) is 1. The van der Waals surface area contributed by atoms with Gasteiger partial charge in [0.2, 0.25) is 0 Å². The van der Waals surface area contributed by atoms with E-state index in [9.17, 15) is 9.50 Å². The maximum atomic E-state index is 14.1. The number of anilines is 1. The van der Waals surface area contributed by atoms with Gasteiger partial charge in [-0.15, -0.1) is 0 Å². The molecule has 1 aromatic carbocycles. The van der Waals surface area contributed by atoms with Gasteiger partial charge in [0.05, 0.1) is 11.8 Å². The van der Waals surface area contributed by atoms with E-state index in [0.717, 1.165) is 18.8 Å². The van der Waals surface area contributed by atoms with E-state index in [2.05, 4.69) is 18.7 Å². The average molecular weight is 269 g/mol. The molecule has 0 saturated carbocycles. The lowest BCUT2D eigenvalue weighted by Gasteiger charge is -2.40. The van der Waals surface area contributed by atoms with Crippen LogP contribution < -0.4 is 4.90 Å². The molecule has 1 N–H and O–H groups in total. The molecule has 1 saturated heterocycles. The van der Waals surface area contributed by atoms with Crippen LogP contribution >= 0.6 is 11.8 Å². The second kappa shape index (κ2) is 5.10. The van der Waals surface area contributed by atoms with E-state index >= 15 is 0 Å². The van der Waals surface area contributed by atoms with Gasteiger partial charge in [0.25, 0.3) is 0 Å². The first-order valence-corrected chi connectivity index (χ1v) is 7.25. The third-order valence-corrected chi connectivity index (χ3v) is 4.51. The van der Waals surface area contributed by atoms with Crippen LogP contribution in [-0.4, -0.2) is 28.7 Å². The summed E-state index contributed by atoms with van der Waals surface area (Å²) in [4.78, 5) is 2.06. The number of aliphatic hydroxyl groups excluding tert-OH is 1. The van der Waals surface area contributed by atoms with Crippen molar-refractivity contribution in [2.45, 2.75) is 31.6 Å². The first kappa shape index (κ1) is 13.7. The van der Waals surface area contributed by atoms with Gasteiger partial charge in [-0.25, -0.2) is 4.39 Å². The smallest absolute Gasteiger partial charge is 0.146 e. The van der Waals surface area contributed by atoms with Crippen LogP contribution in [0.5, 0.6) is 0 Å². The monoisotopic (exact) mass is 269 g/mol. The van der Waals surface area contributed by atoms with Gasteiger partial charge in [-0.05, 0) is 26.8 Å². The van der Waals surface area contributed by atoms with Crippen LogP contribution in [0.4, 0.5) is 10.1 Å². The normalized spacial score (nSPS) is 20.8. The van der Waals surface area contributed by atoms with E-state index in [-0.39, 0.29) is 10.6 Å². The van der Waals surface area contributed by atoms with Crippen molar-refractivity contribution < 1.29 is 9.50 Å². The van der Waals surface area contributed by atoms with E-state index in [4.69, 9.17) is 0 Å². The number of aliphatic hydroxyl groups is 1. The van der Waals surface area contributed by atoms with Crippen molar-refractivity contribution in [2.75, 3.05) is 23.7 Å². The third kappa shape index (κ3) is 2.81. The zero-order valence-corrected chi connectivity index (χ0v) is 11.9. The Morgan fingerprint density at radius 2 is 2.17 bits per heavy atom. The minimum Gasteiger partial charge on any atom is -0.389 e. The molecule has 1 atom stereocenters. The van der Waals surface area contributed by atoms with Gasteiger partial charge in [-0.3, -0.25) is 0 Å². The van der Waals surface area contributed by atoms with E-state index in [1.165, 1.54) is 6.07 Å². The highest BCUT2D eigenvalue weighted by molar-refractivity contribution is 8.00. The zero-order valence-electron chi connectivity index (χ0n) is 11.1. The number of para-hydroxylation sites is 1. The van der Waals surface area contributed by atoms with Crippen LogP contribution in [0.1, 0.15) is 32.4 Å². The number of hydrogen-bond donors (Lipinski definition) is 1. The summed E-state index contributed by atoms with van der Waals surface area (Å²) in [5, 5.41) is 9.79. The number of hydrogen-bond acceptors (Lipinski definition) is 3. The van der Waals surface area contributed by atoms with Crippen LogP contribution in [0.3, 0.4) is 0 Å². The topological polar surface area (TPSA) is 23.5 Å². The highest BCUT2D eigenvalue weighted by Gasteiger charge is 2.30. The molecule has 4 heteroatoms. The van der Waals surface area contributed by atoms with Crippen molar-refractivity contribution in [1.82, 2.24) is 0 Å². The quantitative estimate of drug-likeness (QED) is 0.892. The summed E-state index contributed by atoms with van der Waals surface area (Å²) >= 11 is 1.91. The van der Waals surface area contributed by atoms with Gasteiger partial charge in [-0.1, -0.05) is 12.1 Å². The Morgan fingerprint density at radius 3 is 2.78 bits per heavy atom. The molecule has 1 fully saturated rings. The van der Waals surface area contributed by atoms with Gasteiger partial charge in [0.1, 0.15) is 5.82 Å². The fourth-order valence-corrected chi connectivity index (χ4v) is 3.52. The highest BCUT2D eigenvalue weighted by Crippen LogP contribution is 2.36. The van der Waals surface area contributed by atoms with Crippen molar-refractivity contribution in [3.05, 3.63) is 29.6 Å². The van der Waals surface area contributed by atoms with Crippen LogP contribution in [0.15, 0.2) is 18.2 Å². The summed E-state index contributed by atoms with van der Waals surface area (Å²) in [6.07, 6.45) is -0.645. The molecule has 0 bridgehead atoms. The van der Waals surface area contributed by atoms with E-state index < -0.39 is 6.10 Å². The van der Waals surface area contributed by atoms with Gasteiger partial charge in [0.15, 0.2) is 0 Å². The fourth-order valence-electron chi connectivity index (χ4n) is 2.41. The Morgan fingerprint density at radius 1 is 1.44 bits per heavy atom. The Hall–Kier alpha value is -0.740. The molecule has 0 radical (unpaired) electrons. The molecule has 1 heterocycles. The number of benzene rings is 1. The molecular formula is C14H20FNOS. The molecule has 0 amide bonds. The van der Waals surface area contributed by atoms with Crippen molar-refractivity contribution in [3.63, 3.8) is 0 Å². The van der Waals surface area contributed by atoms with Gasteiger partial charge < -0.3 is 10.0 Å². The lowest BCUT2D eigenvalue weighted by Crippen LogP contribution is -2.44. The third-order valence-electron chi connectivity index (χ3n) is 3.21. The fraction of sp³-hybridized carbons (Fsp3) is 0.571. The molecule has 2 rings (SSSR count). The predicted octanol–water partition coefficient (Wildman–Crippen LogP) is 3.21. The Kier molecular flexibility index (Phi) is 3.87. The van der Waals surface area contributed by atoms with Crippen molar-refractivity contribution >= 4 is 17.4 Å². The summed E-state index contributed by atoms with van der Waals surface area (Å²) in [6, 6.07) is 4.93. The molecule has 0 aromatic heterocycles. The molecule has 0 aliphatic carbocycles. The lowest BCUT2D eigenvalue weighted by atomic mass is 10.0. The largest absolute Gasteiger partial charge is 0.389 e. The molecule has 2 nitrogen and oxygen atoms in total. The summed E-state index contributed by atoms with van der Waals surface area (Å²) in [5.74, 6) is 0.747. The SMILES string of the molecule is C[C@H](O)c1cccc(F)c1N1CCSC(C)(C)C1. The highest BCUT2D eigenvalue weighted by atomic mass is 32.2. The second-order valence-corrected chi connectivity index (χ2v) is 7.19. The summed E-state index contributed by atoms with van der Waals surface area (Å²) < 4.78 is 14.2. The molecule has 0 spiro atoms. The summed E-state index contributed by atoms with van der Waals surface area (Å²) in [7, 11) is 0. The van der Waals surface area contributed by atoms with Crippen LogP contribution in [-0.2, 0) is 0 Å². The predicted molar refractivity (Wildman–Crippen MR) is 75.8 cm³/mol. The zero-order chi connectivity index (χ0) is 13.3. The Bertz CT molecular complexity index is 434. The molecule has 1 aliphatic rings. The standard InChI is InChI=1S/C14H20FNOS/c1-10(17)11-5-4-6-12(15)13(11)16-7-8-18-14(2,3)9-16/h4-6,10,17H,7-9H2,1-3H3/t10-/m0/s1. The van der Waals surface area contributed by atoms with Crippen molar-refractivity contribution in [3.8, 4) is 0 Å². The van der Waals surface area contributed by atoms with Crippen molar-refractivity contribution in [2.24, 2.45) is 0 Å². The molecule has 1 aliphatic heterocycles. The first-order valence-electron chi connectivity index (χ1n) is 6.26. The van der Waals surface area contributed by atoms with Crippen LogP contribution in [0.25, 0.3) is 0 Å². The van der Waals surface area contributed by atoms with Gasteiger partial charge in [-0.2, -0.15) is 11.8 Å². The lowest BCUT2D eigenvalue weighted by molar-refractivity contribution is 0.199. The molecule has 0 unspecified atom stereocenters. The Labute approximate surface area is 112 Å². The molecule has 18 heavy (non-hydrogen) atoms. The molecular weight excluding hydrogens is 249 g/mol. The van der Waals surface area contributed by atoms with Crippen molar-refractivity contribution in [1.29, 1.82) is 0 Å². The number of halogens is 1. The van der Waals surface area contributed by atoms with Crippen LogP contribution in [0, 0.1) is 5.82 Å². The second-order valence-electron chi connectivity index (χ2n) is 5.38. The van der Waals surface area contributed by atoms with Crippen LogP contribution in [0.2, 0.25) is 0 Å². The minimum atomic E-state index is -0.645. The average Bonchev–Trinajstić information content (AvgIpc) is 2.27. The molecule has 1 aromatic rings. The van der Waals surface area contributed by atoms with E-state index in [1.54, 1.807) is 19.1 Å². The minimum absolute atomic E-state index is 0.122. The van der Waals surface area contributed by atoms with E-state index in [1.807, 2.05) is 11.8 Å². The van der Waals surface area contributed by atoms with E-state index in [0.29, 0.717) is 11.3 Å². The number of thioether (sulfide) groups is 1. The maximum Gasteiger partial charge on any atom is 0.146 e. The number of rotatable bonds is 2. The molecule has 100 valence electrons. The van der Waals surface area contributed by atoms with Gasteiger partial charge in [0, 0.05) is 29.2 Å². The Balaban J connectivity index is 2.38. The maximum absolute atomic E-state index is 14.1. The summed E-state index contributed by atoms with van der Waals surface area (Å²) in [5.41, 5.74) is 1.25. The summed E-state index contributed by atoms with van der Waals surface area (Å²) in [6.45, 7) is 7.66. The van der Waals surface area contributed by atoms with Gasteiger partial charge >= 0.3 is 0 Å². The first-order chi connectivity index (χ1) is 8.41.